The molecule has 19 heavy (non-hydrogen) atoms. The Labute approximate surface area is 117 Å². The number of nitrogens with one attached hydrogen (secondary N) is 1. The molecule has 106 valence electrons. The van der Waals surface area contributed by atoms with Crippen molar-refractivity contribution in [3.05, 3.63) is 0 Å². The topological polar surface area (TPSA) is 72.7 Å². The molecule has 1 amide bonds. The lowest BCUT2D eigenvalue weighted by molar-refractivity contribution is -0.121. The largest absolute Gasteiger partial charge is 0.352 e. The summed E-state index contributed by atoms with van der Waals surface area (Å²) in [6, 6.07) is 0.321. The summed E-state index contributed by atoms with van der Waals surface area (Å²) in [5, 5.41) is 14.9. The third-order valence-corrected chi connectivity index (χ3v) is 4.80. The number of thioether (sulfide) groups is 1. The molecule has 7 heteroatoms. The number of aryl methyl sites for hydroxylation is 1. The third-order valence-electron chi connectivity index (χ3n) is 3.67. The molecule has 1 aliphatic carbocycles. The minimum atomic E-state index is -0.182. The summed E-state index contributed by atoms with van der Waals surface area (Å²) in [4.78, 5) is 12.2. The summed E-state index contributed by atoms with van der Waals surface area (Å²) in [5.74, 6) is 0.651. The molecular weight excluding hydrogens is 262 g/mol. The highest BCUT2D eigenvalue weighted by molar-refractivity contribution is 8.00. The Kier molecular flexibility index (Phi) is 4.79. The Balaban J connectivity index is 1.87. The van der Waals surface area contributed by atoms with Gasteiger partial charge in [-0.25, -0.2) is 4.68 Å². The lowest BCUT2D eigenvalue weighted by atomic mass is 9.86. The van der Waals surface area contributed by atoms with Crippen molar-refractivity contribution in [3.8, 4) is 0 Å². The first-order valence-electron chi connectivity index (χ1n) is 6.77. The number of carbonyl (C=O) groups is 1. The summed E-state index contributed by atoms with van der Waals surface area (Å²) in [7, 11) is 1.77. The number of carbonyl (C=O) groups excluding carboxylic acids is 1. The van der Waals surface area contributed by atoms with Crippen molar-refractivity contribution < 1.29 is 4.79 Å². The van der Waals surface area contributed by atoms with Crippen LogP contribution in [0.3, 0.4) is 0 Å². The van der Waals surface area contributed by atoms with Crippen LogP contribution in [0, 0.1) is 5.92 Å². The van der Waals surface area contributed by atoms with E-state index >= 15 is 0 Å². The molecule has 0 unspecified atom stereocenters. The third kappa shape index (κ3) is 3.68. The van der Waals surface area contributed by atoms with Gasteiger partial charge in [0.15, 0.2) is 0 Å². The predicted octanol–water partition coefficient (Wildman–Crippen LogP) is 1.39. The number of hydrogen-bond acceptors (Lipinski definition) is 5. The smallest absolute Gasteiger partial charge is 0.233 e. The second-order valence-corrected chi connectivity index (χ2v) is 6.53. The van der Waals surface area contributed by atoms with E-state index in [-0.39, 0.29) is 11.2 Å². The van der Waals surface area contributed by atoms with E-state index in [4.69, 9.17) is 0 Å². The second kappa shape index (κ2) is 6.36. The average molecular weight is 283 g/mol. The molecule has 0 radical (unpaired) electrons. The molecule has 1 aromatic heterocycles. The minimum Gasteiger partial charge on any atom is -0.352 e. The summed E-state index contributed by atoms with van der Waals surface area (Å²) >= 11 is 1.39. The number of aromatic nitrogens is 4. The molecule has 0 spiro atoms. The van der Waals surface area contributed by atoms with Gasteiger partial charge in [0.05, 0.1) is 5.25 Å². The van der Waals surface area contributed by atoms with Crippen molar-refractivity contribution in [2.75, 3.05) is 0 Å². The van der Waals surface area contributed by atoms with Crippen LogP contribution >= 0.6 is 11.8 Å². The highest BCUT2D eigenvalue weighted by Gasteiger charge is 2.25. The van der Waals surface area contributed by atoms with Crippen LogP contribution in [-0.2, 0) is 11.8 Å². The van der Waals surface area contributed by atoms with E-state index in [2.05, 4.69) is 27.8 Å². The summed E-state index contributed by atoms with van der Waals surface area (Å²) in [5.41, 5.74) is 0. The fraction of sp³-hybridized carbons (Fsp3) is 0.833. The normalized spacial score (nSPS) is 25.0. The lowest BCUT2D eigenvalue weighted by Crippen LogP contribution is -2.44. The van der Waals surface area contributed by atoms with Gasteiger partial charge in [0.1, 0.15) is 0 Å². The van der Waals surface area contributed by atoms with Crippen LogP contribution in [0.15, 0.2) is 5.16 Å². The van der Waals surface area contributed by atoms with E-state index in [1.807, 2.05) is 6.92 Å². The zero-order valence-electron chi connectivity index (χ0n) is 11.7. The summed E-state index contributed by atoms with van der Waals surface area (Å²) in [6.45, 7) is 4.11. The van der Waals surface area contributed by atoms with Crippen LogP contribution in [0.1, 0.15) is 39.5 Å². The van der Waals surface area contributed by atoms with Gasteiger partial charge in [0.25, 0.3) is 0 Å². The maximum absolute atomic E-state index is 12.2. The molecule has 1 fully saturated rings. The Morgan fingerprint density at radius 1 is 1.47 bits per heavy atom. The van der Waals surface area contributed by atoms with Crippen molar-refractivity contribution in [1.82, 2.24) is 25.5 Å². The molecule has 1 aliphatic rings. The molecule has 2 rings (SSSR count). The van der Waals surface area contributed by atoms with Gasteiger partial charge in [0, 0.05) is 13.1 Å². The van der Waals surface area contributed by atoms with Gasteiger partial charge in [0.2, 0.25) is 11.1 Å². The summed E-state index contributed by atoms with van der Waals surface area (Å²) < 4.78 is 1.58. The van der Waals surface area contributed by atoms with E-state index in [0.29, 0.717) is 17.1 Å². The molecular formula is C12H21N5OS. The van der Waals surface area contributed by atoms with E-state index in [0.717, 1.165) is 6.42 Å². The van der Waals surface area contributed by atoms with Gasteiger partial charge in [-0.05, 0) is 36.1 Å². The van der Waals surface area contributed by atoms with Crippen molar-refractivity contribution in [2.24, 2.45) is 13.0 Å². The van der Waals surface area contributed by atoms with Crippen LogP contribution in [0.25, 0.3) is 0 Å². The fourth-order valence-corrected chi connectivity index (χ4v) is 3.13. The zero-order chi connectivity index (χ0) is 13.8. The molecule has 3 atom stereocenters. The van der Waals surface area contributed by atoms with Gasteiger partial charge in [-0.3, -0.25) is 4.79 Å². The monoisotopic (exact) mass is 283 g/mol. The minimum absolute atomic E-state index is 0.0757. The zero-order valence-corrected chi connectivity index (χ0v) is 12.5. The predicted molar refractivity (Wildman–Crippen MR) is 73.7 cm³/mol. The Morgan fingerprint density at radius 2 is 2.21 bits per heavy atom. The van der Waals surface area contributed by atoms with E-state index in [9.17, 15) is 4.79 Å². The van der Waals surface area contributed by atoms with Crippen LogP contribution in [0.4, 0.5) is 0 Å². The first-order valence-corrected chi connectivity index (χ1v) is 7.65. The number of tetrazole rings is 1. The van der Waals surface area contributed by atoms with Gasteiger partial charge in [-0.1, -0.05) is 31.5 Å². The lowest BCUT2D eigenvalue weighted by Gasteiger charge is -2.30. The Hall–Kier alpha value is -1.11. The van der Waals surface area contributed by atoms with Gasteiger partial charge >= 0.3 is 0 Å². The fourth-order valence-electron chi connectivity index (χ4n) is 2.36. The van der Waals surface area contributed by atoms with Crippen LogP contribution in [0.5, 0.6) is 0 Å². The maximum atomic E-state index is 12.2. The first kappa shape index (κ1) is 14.3. The number of nitrogens with zero attached hydrogens (tertiary/aromatic N) is 4. The maximum Gasteiger partial charge on any atom is 0.233 e. The quantitative estimate of drug-likeness (QED) is 0.845. The number of amides is 1. The van der Waals surface area contributed by atoms with Crippen LogP contribution in [0.2, 0.25) is 0 Å². The molecule has 0 aromatic carbocycles. The average Bonchev–Trinajstić information content (AvgIpc) is 2.78. The van der Waals surface area contributed by atoms with Gasteiger partial charge in [-0.15, -0.1) is 5.10 Å². The van der Waals surface area contributed by atoms with Crippen molar-refractivity contribution in [3.63, 3.8) is 0 Å². The molecule has 6 nitrogen and oxygen atoms in total. The van der Waals surface area contributed by atoms with Gasteiger partial charge in [-0.2, -0.15) is 0 Å². The van der Waals surface area contributed by atoms with Crippen molar-refractivity contribution in [2.45, 2.75) is 56.0 Å². The number of rotatable bonds is 4. The standard InChI is InChI=1S/C12H21N5OS/c1-8-6-4-5-7-10(8)13-11(18)9(2)19-12-14-15-16-17(12)3/h8-10H,4-7H2,1-3H3,(H,13,18)/t8-,9+,10+/m0/s1. The second-order valence-electron chi connectivity index (χ2n) is 5.22. The van der Waals surface area contributed by atoms with E-state index in [1.165, 1.54) is 31.0 Å². The Bertz CT molecular complexity index is 436. The molecule has 0 saturated heterocycles. The molecule has 1 N–H and O–H groups in total. The molecule has 1 saturated carbocycles. The highest BCUT2D eigenvalue weighted by atomic mass is 32.2. The van der Waals surface area contributed by atoms with Crippen LogP contribution < -0.4 is 5.32 Å². The van der Waals surface area contributed by atoms with Crippen molar-refractivity contribution >= 4 is 17.7 Å². The van der Waals surface area contributed by atoms with E-state index < -0.39 is 0 Å². The Morgan fingerprint density at radius 3 is 2.84 bits per heavy atom. The number of hydrogen-bond donors (Lipinski definition) is 1. The molecule has 0 bridgehead atoms. The van der Waals surface area contributed by atoms with Crippen molar-refractivity contribution in [1.29, 1.82) is 0 Å². The molecule has 1 aromatic rings. The highest BCUT2D eigenvalue weighted by Crippen LogP contribution is 2.25. The first-order chi connectivity index (χ1) is 9.08. The molecule has 1 heterocycles. The van der Waals surface area contributed by atoms with Crippen LogP contribution in [-0.4, -0.2) is 37.4 Å². The molecule has 0 aliphatic heterocycles. The SMILES string of the molecule is C[C@@H](Sc1nnnn1C)C(=O)N[C@@H]1CCCC[C@@H]1C. The van der Waals surface area contributed by atoms with E-state index in [1.54, 1.807) is 11.7 Å². The summed E-state index contributed by atoms with van der Waals surface area (Å²) in [6.07, 6.45) is 4.79. The van der Waals surface area contributed by atoms with Gasteiger partial charge < -0.3 is 5.32 Å².